The van der Waals surface area contributed by atoms with E-state index in [0.29, 0.717) is 19.0 Å². The maximum Gasteiger partial charge on any atom is 0.410 e. The van der Waals surface area contributed by atoms with Gasteiger partial charge in [0, 0.05) is 43.8 Å². The molecule has 162 valence electrons. The van der Waals surface area contributed by atoms with Crippen LogP contribution >= 0.6 is 0 Å². The van der Waals surface area contributed by atoms with Crippen molar-refractivity contribution in [1.82, 2.24) is 15.2 Å². The van der Waals surface area contributed by atoms with Gasteiger partial charge in [-0.05, 0) is 75.5 Å². The second-order valence-electron chi connectivity index (χ2n) is 9.35. The molecule has 3 rings (SSSR count). The quantitative estimate of drug-likeness (QED) is 0.785. The minimum Gasteiger partial charge on any atom is -0.444 e. The fourth-order valence-corrected chi connectivity index (χ4v) is 3.99. The van der Waals surface area contributed by atoms with E-state index in [4.69, 9.17) is 4.74 Å². The zero-order valence-electron chi connectivity index (χ0n) is 18.5. The van der Waals surface area contributed by atoms with E-state index in [9.17, 15) is 9.59 Å². The number of fused-ring (bicyclic) bond motifs is 1. The molecule has 1 saturated carbocycles. The van der Waals surface area contributed by atoms with Gasteiger partial charge in [-0.15, -0.1) is 0 Å². The van der Waals surface area contributed by atoms with Crippen LogP contribution in [0.25, 0.3) is 10.8 Å². The molecule has 1 aromatic heterocycles. The van der Waals surface area contributed by atoms with Gasteiger partial charge in [-0.3, -0.25) is 9.78 Å². The predicted octanol–water partition coefficient (Wildman–Crippen LogP) is 4.52. The molecule has 2 amide bonds. The van der Waals surface area contributed by atoms with Gasteiger partial charge in [0.15, 0.2) is 0 Å². The third-order valence-electron chi connectivity index (χ3n) is 5.63. The molecule has 0 aliphatic heterocycles. The normalized spacial score (nSPS) is 19.3. The Balaban J connectivity index is 1.43. The number of benzene rings is 1. The van der Waals surface area contributed by atoms with Crippen molar-refractivity contribution >= 4 is 22.8 Å². The Hall–Kier alpha value is -2.63. The first-order valence-corrected chi connectivity index (χ1v) is 10.8. The molecule has 2 aromatic rings. The molecule has 0 spiro atoms. The first kappa shape index (κ1) is 22.1. The van der Waals surface area contributed by atoms with Crippen molar-refractivity contribution in [3.63, 3.8) is 0 Å². The molecular formula is C24H33N3O3. The van der Waals surface area contributed by atoms with Crippen molar-refractivity contribution in [2.24, 2.45) is 11.8 Å². The van der Waals surface area contributed by atoms with Gasteiger partial charge in [0.2, 0.25) is 5.91 Å². The van der Waals surface area contributed by atoms with Gasteiger partial charge in [-0.1, -0.05) is 12.1 Å². The summed E-state index contributed by atoms with van der Waals surface area (Å²) in [5.41, 5.74) is 0.609. The number of hydrogen-bond acceptors (Lipinski definition) is 4. The molecule has 0 bridgehead atoms. The maximum absolute atomic E-state index is 12.6. The lowest BCUT2D eigenvalue weighted by Crippen LogP contribution is -2.39. The standard InChI is InChI=1S/C24H33N3O3/c1-24(2,3)30-23(29)27(4)16-17-5-8-19(9-6-17)22(28)26-14-18-7-10-21-15-25-12-11-20(21)13-18/h7,10-13,15,17,19H,5-6,8-9,14,16H2,1-4H3,(H,26,28)/t17-,19-. The number of pyridine rings is 1. The Labute approximate surface area is 179 Å². The van der Waals surface area contributed by atoms with Crippen LogP contribution in [0.15, 0.2) is 36.7 Å². The number of hydrogen-bond donors (Lipinski definition) is 1. The zero-order chi connectivity index (χ0) is 21.7. The first-order valence-electron chi connectivity index (χ1n) is 10.8. The van der Waals surface area contributed by atoms with E-state index in [1.54, 1.807) is 18.1 Å². The molecule has 6 heteroatoms. The Morgan fingerprint density at radius 1 is 1.13 bits per heavy atom. The molecule has 0 radical (unpaired) electrons. The lowest BCUT2D eigenvalue weighted by atomic mass is 9.81. The number of rotatable bonds is 5. The highest BCUT2D eigenvalue weighted by molar-refractivity contribution is 5.82. The summed E-state index contributed by atoms with van der Waals surface area (Å²) in [5, 5.41) is 5.32. The molecule has 0 atom stereocenters. The van der Waals surface area contributed by atoms with E-state index < -0.39 is 5.60 Å². The number of nitrogens with one attached hydrogen (secondary N) is 1. The molecule has 1 N–H and O–H groups in total. The van der Waals surface area contributed by atoms with Crippen molar-refractivity contribution in [3.8, 4) is 0 Å². The highest BCUT2D eigenvalue weighted by Crippen LogP contribution is 2.29. The zero-order valence-corrected chi connectivity index (χ0v) is 18.5. The van der Waals surface area contributed by atoms with Crippen molar-refractivity contribution in [2.75, 3.05) is 13.6 Å². The van der Waals surface area contributed by atoms with E-state index in [-0.39, 0.29) is 17.9 Å². The molecule has 1 aliphatic carbocycles. The highest BCUT2D eigenvalue weighted by Gasteiger charge is 2.28. The van der Waals surface area contributed by atoms with Gasteiger partial charge in [-0.25, -0.2) is 4.79 Å². The minimum absolute atomic E-state index is 0.0535. The van der Waals surface area contributed by atoms with Gasteiger partial charge in [0.05, 0.1) is 0 Å². The van der Waals surface area contributed by atoms with Crippen molar-refractivity contribution in [1.29, 1.82) is 0 Å². The second-order valence-corrected chi connectivity index (χ2v) is 9.35. The average Bonchev–Trinajstić information content (AvgIpc) is 2.71. The maximum atomic E-state index is 12.6. The van der Waals surface area contributed by atoms with E-state index >= 15 is 0 Å². The lowest BCUT2D eigenvalue weighted by molar-refractivity contribution is -0.126. The Morgan fingerprint density at radius 3 is 2.57 bits per heavy atom. The van der Waals surface area contributed by atoms with Crippen LogP contribution < -0.4 is 5.32 Å². The summed E-state index contributed by atoms with van der Waals surface area (Å²) in [6, 6.07) is 8.15. The van der Waals surface area contributed by atoms with Gasteiger partial charge >= 0.3 is 6.09 Å². The number of aromatic nitrogens is 1. The SMILES string of the molecule is CN(C[C@H]1CC[C@H](C(=O)NCc2ccc3cnccc3c2)CC1)C(=O)OC(C)(C)C. The average molecular weight is 412 g/mol. The number of amides is 2. The van der Waals surface area contributed by atoms with Crippen LogP contribution in [0.4, 0.5) is 4.79 Å². The first-order chi connectivity index (χ1) is 14.2. The number of carbonyl (C=O) groups is 2. The summed E-state index contributed by atoms with van der Waals surface area (Å²) in [7, 11) is 1.78. The Kier molecular flexibility index (Phi) is 6.95. The molecule has 1 aromatic carbocycles. The third-order valence-corrected chi connectivity index (χ3v) is 5.63. The summed E-state index contributed by atoms with van der Waals surface area (Å²) in [6.07, 6.45) is 6.97. The van der Waals surface area contributed by atoms with E-state index in [1.807, 2.05) is 45.2 Å². The molecule has 0 saturated heterocycles. The van der Waals surface area contributed by atoms with Crippen LogP contribution in [-0.2, 0) is 16.1 Å². The number of carbonyl (C=O) groups excluding carboxylic acids is 2. The molecular weight excluding hydrogens is 378 g/mol. The van der Waals surface area contributed by atoms with Crippen LogP contribution in [0.2, 0.25) is 0 Å². The van der Waals surface area contributed by atoms with Gasteiger partial charge in [-0.2, -0.15) is 0 Å². The number of ether oxygens (including phenoxy) is 1. The molecule has 30 heavy (non-hydrogen) atoms. The smallest absolute Gasteiger partial charge is 0.410 e. The molecule has 0 unspecified atom stereocenters. The monoisotopic (exact) mass is 411 g/mol. The highest BCUT2D eigenvalue weighted by atomic mass is 16.6. The van der Waals surface area contributed by atoms with Crippen molar-refractivity contribution in [2.45, 2.75) is 58.6 Å². The van der Waals surface area contributed by atoms with Crippen LogP contribution in [0, 0.1) is 11.8 Å². The van der Waals surface area contributed by atoms with Crippen LogP contribution in [0.3, 0.4) is 0 Å². The number of nitrogens with zero attached hydrogens (tertiary/aromatic N) is 2. The molecule has 1 fully saturated rings. The summed E-state index contributed by atoms with van der Waals surface area (Å²) >= 11 is 0. The molecule has 1 heterocycles. The van der Waals surface area contributed by atoms with Gasteiger partial charge in [0.25, 0.3) is 0 Å². The van der Waals surface area contributed by atoms with E-state index in [0.717, 1.165) is 42.0 Å². The lowest BCUT2D eigenvalue weighted by Gasteiger charge is -2.31. The van der Waals surface area contributed by atoms with Crippen molar-refractivity contribution < 1.29 is 14.3 Å². The van der Waals surface area contributed by atoms with E-state index in [1.165, 1.54) is 0 Å². The van der Waals surface area contributed by atoms with E-state index in [2.05, 4.69) is 16.4 Å². The summed E-state index contributed by atoms with van der Waals surface area (Å²) < 4.78 is 5.42. The van der Waals surface area contributed by atoms with Gasteiger partial charge < -0.3 is 15.0 Å². The largest absolute Gasteiger partial charge is 0.444 e. The summed E-state index contributed by atoms with van der Waals surface area (Å²) in [6.45, 7) is 6.83. The summed E-state index contributed by atoms with van der Waals surface area (Å²) in [4.78, 5) is 30.6. The summed E-state index contributed by atoms with van der Waals surface area (Å²) in [5.74, 6) is 0.599. The minimum atomic E-state index is -0.483. The molecule has 1 aliphatic rings. The van der Waals surface area contributed by atoms with Crippen LogP contribution in [0.5, 0.6) is 0 Å². The fourth-order valence-electron chi connectivity index (χ4n) is 3.99. The molecule has 6 nitrogen and oxygen atoms in total. The topological polar surface area (TPSA) is 71.5 Å². The predicted molar refractivity (Wildman–Crippen MR) is 118 cm³/mol. The Bertz CT molecular complexity index is 883. The fraction of sp³-hybridized carbons (Fsp3) is 0.542. The third kappa shape index (κ3) is 6.18. The van der Waals surface area contributed by atoms with Crippen molar-refractivity contribution in [3.05, 3.63) is 42.2 Å². The van der Waals surface area contributed by atoms with Crippen LogP contribution in [0.1, 0.15) is 52.0 Å². The van der Waals surface area contributed by atoms with Gasteiger partial charge in [0.1, 0.15) is 5.60 Å². The van der Waals surface area contributed by atoms with Crippen LogP contribution in [-0.4, -0.2) is 41.1 Å². The second kappa shape index (κ2) is 9.45. The Morgan fingerprint density at radius 2 is 1.87 bits per heavy atom.